The zero-order valence-corrected chi connectivity index (χ0v) is 18.3. The number of amides is 1. The molecule has 0 saturated carbocycles. The molecule has 0 aliphatic rings. The van der Waals surface area contributed by atoms with Gasteiger partial charge in [-0.05, 0) is 48.5 Å². The van der Waals surface area contributed by atoms with Gasteiger partial charge in [-0.15, -0.1) is 0 Å². The van der Waals surface area contributed by atoms with E-state index in [1.165, 1.54) is 42.6 Å². The highest BCUT2D eigenvalue weighted by Crippen LogP contribution is 2.22. The molecular weight excluding hydrogens is 484 g/mol. The highest BCUT2D eigenvalue weighted by atomic mass is 35.5. The second kappa shape index (κ2) is 9.94. The van der Waals surface area contributed by atoms with Crippen LogP contribution in [0.15, 0.2) is 65.7 Å². The summed E-state index contributed by atoms with van der Waals surface area (Å²) in [7, 11) is -4.06. The highest BCUT2D eigenvalue weighted by molar-refractivity contribution is 7.92. The Morgan fingerprint density at radius 1 is 1.06 bits per heavy atom. The largest absolute Gasteiger partial charge is 0.452 e. The highest BCUT2D eigenvalue weighted by Gasteiger charge is 2.18. The number of benzene rings is 2. The van der Waals surface area contributed by atoms with Gasteiger partial charge in [0.1, 0.15) is 5.82 Å². The molecule has 1 heterocycles. The van der Waals surface area contributed by atoms with Crippen LogP contribution in [0.3, 0.4) is 0 Å². The maximum absolute atomic E-state index is 13.0. The van der Waals surface area contributed by atoms with Crippen LogP contribution in [0.4, 0.5) is 15.9 Å². The fourth-order valence-corrected chi connectivity index (χ4v) is 3.94. The normalized spacial score (nSPS) is 11.0. The first-order chi connectivity index (χ1) is 15.1. The van der Waals surface area contributed by atoms with Crippen molar-refractivity contribution in [3.05, 3.63) is 82.2 Å². The molecule has 0 spiro atoms. The first-order valence-corrected chi connectivity index (χ1v) is 11.0. The molecular formula is C20H14Cl2FN3O5S. The van der Waals surface area contributed by atoms with Crippen molar-refractivity contribution in [2.45, 2.75) is 4.90 Å². The van der Waals surface area contributed by atoms with Crippen LogP contribution in [-0.4, -0.2) is 31.9 Å². The first-order valence-electron chi connectivity index (χ1n) is 8.80. The van der Waals surface area contributed by atoms with E-state index in [1.54, 1.807) is 0 Å². The summed E-state index contributed by atoms with van der Waals surface area (Å²) < 4.78 is 45.3. The lowest BCUT2D eigenvalue weighted by Gasteiger charge is -2.10. The van der Waals surface area contributed by atoms with Gasteiger partial charge in [0.15, 0.2) is 12.4 Å². The number of carbonyl (C=O) groups is 2. The SMILES string of the molecule is O=C(COC(=O)c1cccc(S(=O)(=O)Nc2ccc(F)cc2)c1)Nc1ncc(Cl)cc1Cl. The van der Waals surface area contributed by atoms with Gasteiger partial charge in [0.25, 0.3) is 15.9 Å². The molecule has 1 aromatic heterocycles. The van der Waals surface area contributed by atoms with Crippen molar-refractivity contribution in [3.8, 4) is 0 Å². The lowest BCUT2D eigenvalue weighted by atomic mass is 10.2. The van der Waals surface area contributed by atoms with E-state index in [4.69, 9.17) is 27.9 Å². The van der Waals surface area contributed by atoms with Crippen LogP contribution in [0.2, 0.25) is 10.0 Å². The number of hydrogen-bond acceptors (Lipinski definition) is 6. The van der Waals surface area contributed by atoms with Crippen molar-refractivity contribution >= 4 is 56.6 Å². The van der Waals surface area contributed by atoms with E-state index in [-0.39, 0.29) is 32.0 Å². The van der Waals surface area contributed by atoms with Gasteiger partial charge in [0.2, 0.25) is 0 Å². The van der Waals surface area contributed by atoms with E-state index in [2.05, 4.69) is 15.0 Å². The summed E-state index contributed by atoms with van der Waals surface area (Å²) >= 11 is 11.6. The Morgan fingerprint density at radius 2 is 1.78 bits per heavy atom. The Bertz CT molecular complexity index is 1270. The van der Waals surface area contributed by atoms with Crippen LogP contribution < -0.4 is 10.0 Å². The third-order valence-electron chi connectivity index (χ3n) is 3.88. The van der Waals surface area contributed by atoms with Crippen LogP contribution in [0.25, 0.3) is 0 Å². The van der Waals surface area contributed by atoms with E-state index >= 15 is 0 Å². The van der Waals surface area contributed by atoms with Crippen molar-refractivity contribution in [3.63, 3.8) is 0 Å². The van der Waals surface area contributed by atoms with Gasteiger partial charge in [-0.2, -0.15) is 0 Å². The third-order valence-corrected chi connectivity index (χ3v) is 5.75. The molecule has 0 saturated heterocycles. The predicted molar refractivity (Wildman–Crippen MR) is 117 cm³/mol. The number of anilines is 2. The number of aromatic nitrogens is 1. The molecule has 0 radical (unpaired) electrons. The molecule has 2 aromatic carbocycles. The lowest BCUT2D eigenvalue weighted by molar-refractivity contribution is -0.119. The second-order valence-electron chi connectivity index (χ2n) is 6.25. The quantitative estimate of drug-likeness (QED) is 0.474. The molecule has 0 aliphatic carbocycles. The van der Waals surface area contributed by atoms with Crippen LogP contribution in [0.5, 0.6) is 0 Å². The summed E-state index contributed by atoms with van der Waals surface area (Å²) in [6.45, 7) is -0.662. The molecule has 0 unspecified atom stereocenters. The molecule has 0 aliphatic heterocycles. The van der Waals surface area contributed by atoms with Crippen molar-refractivity contribution in [2.75, 3.05) is 16.6 Å². The fraction of sp³-hybridized carbons (Fsp3) is 0.0500. The molecule has 0 atom stereocenters. The lowest BCUT2D eigenvalue weighted by Crippen LogP contribution is -2.22. The summed E-state index contributed by atoms with van der Waals surface area (Å²) in [5, 5.41) is 2.74. The van der Waals surface area contributed by atoms with Crippen molar-refractivity contribution in [2.24, 2.45) is 0 Å². The monoisotopic (exact) mass is 497 g/mol. The Morgan fingerprint density at radius 3 is 2.47 bits per heavy atom. The fourth-order valence-electron chi connectivity index (χ4n) is 2.41. The topological polar surface area (TPSA) is 114 Å². The van der Waals surface area contributed by atoms with Crippen molar-refractivity contribution < 1.29 is 27.1 Å². The van der Waals surface area contributed by atoms with E-state index in [0.29, 0.717) is 0 Å². The third kappa shape index (κ3) is 6.16. The molecule has 2 N–H and O–H groups in total. The van der Waals surface area contributed by atoms with Gasteiger partial charge in [0.05, 0.1) is 20.5 Å². The van der Waals surface area contributed by atoms with Crippen LogP contribution in [-0.2, 0) is 19.6 Å². The van der Waals surface area contributed by atoms with Gasteiger partial charge >= 0.3 is 5.97 Å². The summed E-state index contributed by atoms with van der Waals surface area (Å²) in [5.41, 5.74) is 0.0490. The van der Waals surface area contributed by atoms with Gasteiger partial charge in [-0.25, -0.2) is 22.6 Å². The van der Waals surface area contributed by atoms with Crippen LogP contribution in [0.1, 0.15) is 10.4 Å². The van der Waals surface area contributed by atoms with Gasteiger partial charge in [-0.3, -0.25) is 9.52 Å². The molecule has 32 heavy (non-hydrogen) atoms. The van der Waals surface area contributed by atoms with E-state index in [1.807, 2.05) is 0 Å². The number of rotatable bonds is 7. The standard InChI is InChI=1S/C20H14Cl2FN3O5S/c21-13-9-17(22)19(24-10-13)25-18(27)11-31-20(28)12-2-1-3-16(8-12)32(29,30)26-15-6-4-14(23)5-7-15/h1-10,26H,11H2,(H,24,25,27). The molecule has 3 rings (SSSR count). The Hall–Kier alpha value is -3.21. The van der Waals surface area contributed by atoms with E-state index in [0.717, 1.165) is 18.2 Å². The molecule has 3 aromatic rings. The molecule has 8 nitrogen and oxygen atoms in total. The number of hydrogen-bond donors (Lipinski definition) is 2. The molecule has 0 bridgehead atoms. The Labute approximate surface area is 192 Å². The van der Waals surface area contributed by atoms with E-state index < -0.39 is 34.3 Å². The van der Waals surface area contributed by atoms with E-state index in [9.17, 15) is 22.4 Å². The smallest absolute Gasteiger partial charge is 0.338 e. The number of esters is 1. The minimum Gasteiger partial charge on any atom is -0.452 e. The minimum absolute atomic E-state index is 0.0390. The zero-order valence-electron chi connectivity index (χ0n) is 16.0. The number of pyridine rings is 1. The number of nitrogens with one attached hydrogen (secondary N) is 2. The molecule has 0 fully saturated rings. The maximum atomic E-state index is 13.0. The summed E-state index contributed by atoms with van der Waals surface area (Å²) in [6, 6.07) is 11.1. The van der Waals surface area contributed by atoms with Crippen LogP contribution >= 0.6 is 23.2 Å². The second-order valence-corrected chi connectivity index (χ2v) is 8.77. The maximum Gasteiger partial charge on any atom is 0.338 e. The number of ether oxygens (including phenoxy) is 1. The van der Waals surface area contributed by atoms with Gasteiger partial charge < -0.3 is 10.1 Å². The molecule has 12 heteroatoms. The average Bonchev–Trinajstić information content (AvgIpc) is 2.75. The van der Waals surface area contributed by atoms with Crippen molar-refractivity contribution in [1.82, 2.24) is 4.98 Å². The minimum atomic E-state index is -4.06. The van der Waals surface area contributed by atoms with Crippen LogP contribution in [0, 0.1) is 5.82 Å². The van der Waals surface area contributed by atoms with Gasteiger partial charge in [-0.1, -0.05) is 29.3 Å². The predicted octanol–water partition coefficient (Wildman–Crippen LogP) is 4.12. The number of carbonyl (C=O) groups excluding carboxylic acids is 2. The molecule has 166 valence electrons. The Kier molecular flexibility index (Phi) is 7.29. The summed E-state index contributed by atoms with van der Waals surface area (Å²) in [4.78, 5) is 27.9. The Balaban J connectivity index is 1.64. The van der Waals surface area contributed by atoms with Crippen molar-refractivity contribution in [1.29, 1.82) is 0 Å². The zero-order chi connectivity index (χ0) is 23.3. The van der Waals surface area contributed by atoms with Gasteiger partial charge in [0, 0.05) is 11.9 Å². The molecule has 1 amide bonds. The summed E-state index contributed by atoms with van der Waals surface area (Å²) in [5.74, 6) is -2.11. The number of sulfonamides is 1. The average molecular weight is 498 g/mol. The first kappa shape index (κ1) is 23.5. The number of halogens is 3. The summed E-state index contributed by atoms with van der Waals surface area (Å²) in [6.07, 6.45) is 1.28. The number of nitrogens with zero attached hydrogens (tertiary/aromatic N) is 1.